The van der Waals surface area contributed by atoms with Gasteiger partial charge in [-0.05, 0) is 66.9 Å². The molecule has 4 saturated carbocycles. The second kappa shape index (κ2) is 6.04. The smallest absolute Gasteiger partial charge is 0.0579 e. The van der Waals surface area contributed by atoms with Gasteiger partial charge in [-0.15, -0.1) is 0 Å². The van der Waals surface area contributed by atoms with Crippen molar-refractivity contribution in [2.75, 3.05) is 0 Å². The highest BCUT2D eigenvalue weighted by Crippen LogP contribution is 2.54. The molecule has 0 saturated heterocycles. The first-order chi connectivity index (χ1) is 11.9. The molecule has 1 nitrogen and oxygen atoms in total. The van der Waals surface area contributed by atoms with E-state index >= 15 is 0 Å². The van der Waals surface area contributed by atoms with Gasteiger partial charge in [0.15, 0.2) is 0 Å². The van der Waals surface area contributed by atoms with Gasteiger partial charge in [0.05, 0.1) is 6.04 Å². The van der Waals surface area contributed by atoms with Crippen LogP contribution in [-0.4, -0.2) is 6.04 Å². The van der Waals surface area contributed by atoms with Gasteiger partial charge in [-0.2, -0.15) is 0 Å². The fraction of sp³-hybridized carbons (Fsp3) is 0.478. The van der Waals surface area contributed by atoms with E-state index in [-0.39, 0.29) is 0 Å². The molecular formula is C23H27N. The normalized spacial score (nSPS) is 34.0. The standard InChI is InChI=1S/C23H27N/c1-3-7-18(8-4-1)22(19-9-5-2-6-10-19)24-23-20-12-16-11-17(14-20)15-21(23)13-16/h1-10,16-17,20-24H,11-15H2. The minimum absolute atomic E-state index is 0.329. The summed E-state index contributed by atoms with van der Waals surface area (Å²) >= 11 is 0. The molecule has 0 unspecified atom stereocenters. The van der Waals surface area contributed by atoms with Gasteiger partial charge >= 0.3 is 0 Å². The average Bonchev–Trinajstić information content (AvgIpc) is 2.62. The molecule has 0 spiro atoms. The van der Waals surface area contributed by atoms with Gasteiger partial charge in [0.1, 0.15) is 0 Å². The van der Waals surface area contributed by atoms with Crippen molar-refractivity contribution >= 4 is 0 Å². The van der Waals surface area contributed by atoms with Gasteiger partial charge in [0.2, 0.25) is 0 Å². The van der Waals surface area contributed by atoms with Crippen molar-refractivity contribution in [1.29, 1.82) is 0 Å². The maximum atomic E-state index is 4.13. The van der Waals surface area contributed by atoms with Crippen LogP contribution >= 0.6 is 0 Å². The summed E-state index contributed by atoms with van der Waals surface area (Å²) in [6, 6.07) is 23.1. The van der Waals surface area contributed by atoms with Gasteiger partial charge in [-0.3, -0.25) is 0 Å². The third kappa shape index (κ3) is 2.59. The van der Waals surface area contributed by atoms with Gasteiger partial charge in [0, 0.05) is 6.04 Å². The van der Waals surface area contributed by atoms with Crippen LogP contribution in [0.15, 0.2) is 60.7 Å². The minimum atomic E-state index is 0.329. The van der Waals surface area contributed by atoms with Crippen LogP contribution in [0.3, 0.4) is 0 Å². The fourth-order valence-corrected chi connectivity index (χ4v) is 6.07. The number of benzene rings is 2. The molecule has 4 bridgehead atoms. The van der Waals surface area contributed by atoms with Crippen LogP contribution in [0.4, 0.5) is 0 Å². The summed E-state index contributed by atoms with van der Waals surface area (Å²) in [5.74, 6) is 3.90. The first-order valence-corrected chi connectivity index (χ1v) is 9.73. The SMILES string of the molecule is c1ccc(C(NC2C3CC4CC(C3)CC2C4)c2ccccc2)cc1. The van der Waals surface area contributed by atoms with Crippen LogP contribution in [0.2, 0.25) is 0 Å². The molecule has 2 aromatic carbocycles. The lowest BCUT2D eigenvalue weighted by molar-refractivity contribution is -0.0163. The second-order valence-corrected chi connectivity index (χ2v) is 8.38. The Morgan fingerprint density at radius 3 is 1.54 bits per heavy atom. The quantitative estimate of drug-likeness (QED) is 0.818. The van der Waals surface area contributed by atoms with E-state index < -0.39 is 0 Å². The van der Waals surface area contributed by atoms with Gasteiger partial charge in [-0.25, -0.2) is 0 Å². The Bertz CT molecular complexity index is 610. The van der Waals surface area contributed by atoms with Crippen molar-refractivity contribution in [2.45, 2.75) is 44.2 Å². The largest absolute Gasteiger partial charge is 0.303 e. The summed E-state index contributed by atoms with van der Waals surface area (Å²) in [6.45, 7) is 0. The zero-order chi connectivity index (χ0) is 15.9. The predicted octanol–water partition coefficient (Wildman–Crippen LogP) is 5.19. The molecule has 1 heteroatoms. The van der Waals surface area contributed by atoms with Crippen molar-refractivity contribution in [2.24, 2.45) is 23.7 Å². The van der Waals surface area contributed by atoms with E-state index in [2.05, 4.69) is 66.0 Å². The van der Waals surface area contributed by atoms with Crippen LogP contribution in [0.5, 0.6) is 0 Å². The van der Waals surface area contributed by atoms with Crippen LogP contribution < -0.4 is 5.32 Å². The maximum Gasteiger partial charge on any atom is 0.0579 e. The highest BCUT2D eigenvalue weighted by molar-refractivity contribution is 5.32. The minimum Gasteiger partial charge on any atom is -0.303 e. The van der Waals surface area contributed by atoms with Crippen LogP contribution in [-0.2, 0) is 0 Å². The summed E-state index contributed by atoms with van der Waals surface area (Å²) < 4.78 is 0. The molecule has 124 valence electrons. The van der Waals surface area contributed by atoms with E-state index in [4.69, 9.17) is 0 Å². The molecule has 6 rings (SSSR count). The van der Waals surface area contributed by atoms with Crippen LogP contribution in [0.1, 0.15) is 49.3 Å². The number of rotatable bonds is 4. The van der Waals surface area contributed by atoms with E-state index in [9.17, 15) is 0 Å². The Morgan fingerprint density at radius 1 is 0.625 bits per heavy atom. The summed E-state index contributed by atoms with van der Waals surface area (Å²) in [5, 5.41) is 4.13. The molecule has 4 aliphatic carbocycles. The third-order valence-electron chi connectivity index (χ3n) is 6.85. The highest BCUT2D eigenvalue weighted by Gasteiger charge is 2.48. The molecule has 0 amide bonds. The second-order valence-electron chi connectivity index (χ2n) is 8.38. The molecule has 0 atom stereocenters. The lowest BCUT2D eigenvalue weighted by atomic mass is 9.54. The predicted molar refractivity (Wildman–Crippen MR) is 98.7 cm³/mol. The summed E-state index contributed by atoms with van der Waals surface area (Å²) in [5.41, 5.74) is 2.80. The van der Waals surface area contributed by atoms with E-state index in [1.807, 2.05) is 0 Å². The molecule has 4 aliphatic rings. The van der Waals surface area contributed by atoms with Crippen molar-refractivity contribution in [3.05, 3.63) is 71.8 Å². The Kier molecular flexibility index (Phi) is 3.70. The Hall–Kier alpha value is -1.60. The lowest BCUT2D eigenvalue weighted by Crippen LogP contribution is -2.55. The fourth-order valence-electron chi connectivity index (χ4n) is 6.07. The van der Waals surface area contributed by atoms with Gasteiger partial charge < -0.3 is 5.32 Å². The van der Waals surface area contributed by atoms with Crippen molar-refractivity contribution in [1.82, 2.24) is 5.32 Å². The van der Waals surface area contributed by atoms with E-state index in [0.717, 1.165) is 23.7 Å². The number of nitrogens with one attached hydrogen (secondary N) is 1. The Balaban J connectivity index is 1.45. The van der Waals surface area contributed by atoms with Crippen LogP contribution in [0.25, 0.3) is 0 Å². The first kappa shape index (κ1) is 14.7. The summed E-state index contributed by atoms with van der Waals surface area (Å²) in [4.78, 5) is 0. The number of hydrogen-bond donors (Lipinski definition) is 1. The van der Waals surface area contributed by atoms with E-state index in [0.29, 0.717) is 12.1 Å². The Morgan fingerprint density at radius 2 is 1.08 bits per heavy atom. The summed E-state index contributed by atoms with van der Waals surface area (Å²) in [7, 11) is 0. The molecule has 2 aromatic rings. The first-order valence-electron chi connectivity index (χ1n) is 9.73. The van der Waals surface area contributed by atoms with Gasteiger partial charge in [-0.1, -0.05) is 60.7 Å². The molecular weight excluding hydrogens is 290 g/mol. The highest BCUT2D eigenvalue weighted by atomic mass is 15.0. The number of hydrogen-bond acceptors (Lipinski definition) is 1. The molecule has 24 heavy (non-hydrogen) atoms. The summed E-state index contributed by atoms with van der Waals surface area (Å²) in [6.07, 6.45) is 7.42. The van der Waals surface area contributed by atoms with E-state index in [1.54, 1.807) is 0 Å². The monoisotopic (exact) mass is 317 g/mol. The van der Waals surface area contributed by atoms with Crippen molar-refractivity contribution in [3.8, 4) is 0 Å². The molecule has 0 aliphatic heterocycles. The van der Waals surface area contributed by atoms with E-state index in [1.165, 1.54) is 43.2 Å². The molecule has 0 aromatic heterocycles. The van der Waals surface area contributed by atoms with Crippen molar-refractivity contribution < 1.29 is 0 Å². The maximum absolute atomic E-state index is 4.13. The average molecular weight is 317 g/mol. The van der Waals surface area contributed by atoms with Crippen LogP contribution in [0, 0.1) is 23.7 Å². The molecule has 0 radical (unpaired) electrons. The zero-order valence-corrected chi connectivity index (χ0v) is 14.3. The lowest BCUT2D eigenvalue weighted by Gasteiger charge is -2.55. The zero-order valence-electron chi connectivity index (χ0n) is 14.3. The molecule has 4 fully saturated rings. The van der Waals surface area contributed by atoms with Gasteiger partial charge in [0.25, 0.3) is 0 Å². The Labute approximate surface area is 145 Å². The topological polar surface area (TPSA) is 12.0 Å². The molecule has 1 N–H and O–H groups in total. The van der Waals surface area contributed by atoms with Crippen molar-refractivity contribution in [3.63, 3.8) is 0 Å². The third-order valence-corrected chi connectivity index (χ3v) is 6.85. The molecule has 0 heterocycles.